The van der Waals surface area contributed by atoms with E-state index in [4.69, 9.17) is 9.15 Å². The van der Waals surface area contributed by atoms with Gasteiger partial charge in [-0.15, -0.1) is 0 Å². The van der Waals surface area contributed by atoms with Crippen LogP contribution < -0.4 is 20.1 Å². The second-order valence-corrected chi connectivity index (χ2v) is 11.3. The third-order valence-electron chi connectivity index (χ3n) is 6.64. The molecule has 0 aliphatic carbocycles. The highest BCUT2D eigenvalue weighted by Crippen LogP contribution is 2.35. The number of likely N-dealkylation sites (N-methyl/N-ethyl adjacent to an activating group) is 1. The lowest BCUT2D eigenvalue weighted by atomic mass is 9.95. The Kier molecular flexibility index (Phi) is 6.37. The zero-order valence-corrected chi connectivity index (χ0v) is 21.8. The zero-order chi connectivity index (χ0) is 27.2. The molecule has 0 radical (unpaired) electrons. The molecule has 0 spiro atoms. The van der Waals surface area contributed by atoms with E-state index in [0.29, 0.717) is 28.8 Å². The van der Waals surface area contributed by atoms with E-state index in [1.807, 2.05) is 19.0 Å². The van der Waals surface area contributed by atoms with Gasteiger partial charge in [-0.1, -0.05) is 6.07 Å². The molecule has 12 nitrogen and oxygen atoms in total. The van der Waals surface area contributed by atoms with E-state index >= 15 is 0 Å². The fraction of sp³-hybridized carbons (Fsp3) is 0.320. The average Bonchev–Trinajstić information content (AvgIpc) is 3.52. The van der Waals surface area contributed by atoms with Gasteiger partial charge in [0.1, 0.15) is 17.1 Å². The van der Waals surface area contributed by atoms with E-state index in [-0.39, 0.29) is 36.2 Å². The molecule has 3 heterocycles. The van der Waals surface area contributed by atoms with Gasteiger partial charge in [0, 0.05) is 30.6 Å². The lowest BCUT2D eigenvalue weighted by Crippen LogP contribution is -2.52. The summed E-state index contributed by atoms with van der Waals surface area (Å²) >= 11 is 0. The highest BCUT2D eigenvalue weighted by atomic mass is 32.2. The van der Waals surface area contributed by atoms with E-state index in [1.54, 1.807) is 18.2 Å². The summed E-state index contributed by atoms with van der Waals surface area (Å²) in [5, 5.41) is 5.28. The minimum absolute atomic E-state index is 0.0317. The molecular weight excluding hydrogens is 514 g/mol. The van der Waals surface area contributed by atoms with Crippen molar-refractivity contribution in [3.05, 3.63) is 59.4 Å². The minimum Gasteiger partial charge on any atom is -0.497 e. The van der Waals surface area contributed by atoms with Crippen LogP contribution in [0.1, 0.15) is 21.7 Å². The molecule has 2 aliphatic heterocycles. The molecule has 4 amide bonds. The summed E-state index contributed by atoms with van der Waals surface area (Å²) in [5.41, 5.74) is -0.176. The SMILES string of the molecule is COc1ccc2c(c1)C(=O)N(CC1(c3cc4cc(S(=O)(=O)NCCN(C)C)ccc4o3)NC(=O)NC1=O)C2. The van der Waals surface area contributed by atoms with Crippen molar-refractivity contribution in [3.8, 4) is 5.75 Å². The van der Waals surface area contributed by atoms with Crippen LogP contribution in [-0.2, 0) is 26.9 Å². The number of rotatable bonds is 9. The maximum atomic E-state index is 13.2. The van der Waals surface area contributed by atoms with Crippen LogP contribution in [0.25, 0.3) is 11.0 Å². The molecule has 38 heavy (non-hydrogen) atoms. The van der Waals surface area contributed by atoms with Crippen LogP contribution in [0.3, 0.4) is 0 Å². The van der Waals surface area contributed by atoms with Gasteiger partial charge in [-0.05, 0) is 56.1 Å². The Morgan fingerprint density at radius 2 is 1.92 bits per heavy atom. The van der Waals surface area contributed by atoms with Crippen LogP contribution in [-0.4, -0.2) is 76.9 Å². The minimum atomic E-state index is -3.78. The molecule has 1 fully saturated rings. The van der Waals surface area contributed by atoms with Gasteiger partial charge in [-0.3, -0.25) is 14.9 Å². The number of carbonyl (C=O) groups excluding carboxylic acids is 3. The van der Waals surface area contributed by atoms with Crippen molar-refractivity contribution in [2.24, 2.45) is 0 Å². The predicted molar refractivity (Wildman–Crippen MR) is 136 cm³/mol. The maximum absolute atomic E-state index is 13.2. The first kappa shape index (κ1) is 25.7. The smallest absolute Gasteiger partial charge is 0.322 e. The molecule has 0 bridgehead atoms. The molecule has 1 aromatic heterocycles. The van der Waals surface area contributed by atoms with Crippen LogP contribution in [0.2, 0.25) is 0 Å². The first-order chi connectivity index (χ1) is 18.0. The van der Waals surface area contributed by atoms with Crippen molar-refractivity contribution in [3.63, 3.8) is 0 Å². The molecule has 1 unspecified atom stereocenters. The molecular formula is C25H27N5O7S. The fourth-order valence-electron chi connectivity index (χ4n) is 4.62. The number of carbonyl (C=O) groups is 3. The molecule has 0 saturated carbocycles. The number of furan rings is 1. The summed E-state index contributed by atoms with van der Waals surface area (Å²) in [6.45, 7) is 0.791. The number of benzene rings is 2. The van der Waals surface area contributed by atoms with Crippen molar-refractivity contribution in [1.29, 1.82) is 0 Å². The quantitative estimate of drug-likeness (QED) is 0.339. The molecule has 2 aliphatic rings. The number of imide groups is 1. The van der Waals surface area contributed by atoms with Gasteiger partial charge in [0.15, 0.2) is 5.54 Å². The number of nitrogens with zero attached hydrogens (tertiary/aromatic N) is 2. The van der Waals surface area contributed by atoms with Gasteiger partial charge in [0.25, 0.3) is 11.8 Å². The summed E-state index contributed by atoms with van der Waals surface area (Å²) in [7, 11) is 1.40. The van der Waals surface area contributed by atoms with Gasteiger partial charge >= 0.3 is 6.03 Å². The zero-order valence-electron chi connectivity index (χ0n) is 21.0. The second kappa shape index (κ2) is 9.42. The number of nitrogens with one attached hydrogen (secondary N) is 3. The van der Waals surface area contributed by atoms with E-state index in [0.717, 1.165) is 5.56 Å². The first-order valence-electron chi connectivity index (χ1n) is 11.8. The number of sulfonamides is 1. The Balaban J connectivity index is 1.47. The second-order valence-electron chi connectivity index (χ2n) is 9.51. The molecule has 200 valence electrons. The summed E-state index contributed by atoms with van der Waals surface area (Å²) in [6.07, 6.45) is 0. The van der Waals surface area contributed by atoms with E-state index in [2.05, 4.69) is 15.4 Å². The molecule has 3 N–H and O–H groups in total. The van der Waals surface area contributed by atoms with Gasteiger partial charge in [-0.2, -0.15) is 0 Å². The average molecular weight is 542 g/mol. The summed E-state index contributed by atoms with van der Waals surface area (Å²) < 4.78 is 39.3. The Hall–Kier alpha value is -3.94. The Morgan fingerprint density at radius 3 is 2.61 bits per heavy atom. The monoisotopic (exact) mass is 541 g/mol. The molecule has 1 saturated heterocycles. The molecule has 3 aromatic rings. The van der Waals surface area contributed by atoms with Crippen LogP contribution in [0.4, 0.5) is 4.79 Å². The van der Waals surface area contributed by atoms with Crippen LogP contribution in [0.15, 0.2) is 51.8 Å². The maximum Gasteiger partial charge on any atom is 0.322 e. The number of fused-ring (bicyclic) bond motifs is 2. The van der Waals surface area contributed by atoms with Gasteiger partial charge < -0.3 is 24.3 Å². The molecule has 5 rings (SSSR count). The van der Waals surface area contributed by atoms with E-state index in [1.165, 1.54) is 36.3 Å². The summed E-state index contributed by atoms with van der Waals surface area (Å²) in [5.74, 6) is -0.395. The number of hydrogen-bond acceptors (Lipinski definition) is 8. The molecule has 13 heteroatoms. The Morgan fingerprint density at radius 1 is 1.13 bits per heavy atom. The van der Waals surface area contributed by atoms with Crippen LogP contribution >= 0.6 is 0 Å². The van der Waals surface area contributed by atoms with Gasteiger partial charge in [0.05, 0.1) is 18.6 Å². The lowest BCUT2D eigenvalue weighted by Gasteiger charge is -2.29. The van der Waals surface area contributed by atoms with Crippen molar-refractivity contribution < 1.29 is 32.0 Å². The number of methoxy groups -OCH3 is 1. The van der Waals surface area contributed by atoms with Crippen molar-refractivity contribution in [2.45, 2.75) is 17.0 Å². The fourth-order valence-corrected chi connectivity index (χ4v) is 5.68. The largest absolute Gasteiger partial charge is 0.497 e. The Bertz CT molecular complexity index is 1570. The van der Waals surface area contributed by atoms with Crippen molar-refractivity contribution >= 4 is 38.8 Å². The van der Waals surface area contributed by atoms with Gasteiger partial charge in [-0.25, -0.2) is 17.9 Å². The van der Waals surface area contributed by atoms with Gasteiger partial charge in [0.2, 0.25) is 10.0 Å². The molecule has 1 atom stereocenters. The van der Waals surface area contributed by atoms with E-state index < -0.39 is 27.5 Å². The number of amides is 4. The lowest BCUT2D eigenvalue weighted by molar-refractivity contribution is -0.125. The third kappa shape index (κ3) is 4.48. The normalized spacial score (nSPS) is 19.3. The Labute approximate surface area is 218 Å². The standard InChI is InChI=1S/C25H27N5O7S/c1-29(2)9-8-26-38(34,35)18-6-7-20-16(10-18)11-21(37-20)25(23(32)27-24(33)28-25)14-30-13-15-4-5-17(36-3)12-19(15)22(30)31/h4-7,10-12,26H,8-9,13-14H2,1-3H3,(H2,27,28,32,33). The van der Waals surface area contributed by atoms with Crippen molar-refractivity contribution in [2.75, 3.05) is 40.8 Å². The number of ether oxygens (including phenoxy) is 1. The van der Waals surface area contributed by atoms with Crippen LogP contribution in [0, 0.1) is 0 Å². The topological polar surface area (TPSA) is 150 Å². The molecule has 2 aromatic carbocycles. The first-order valence-corrected chi connectivity index (χ1v) is 13.3. The van der Waals surface area contributed by atoms with Crippen molar-refractivity contribution in [1.82, 2.24) is 25.2 Å². The van der Waals surface area contributed by atoms with Crippen LogP contribution in [0.5, 0.6) is 5.75 Å². The predicted octanol–water partition coefficient (Wildman–Crippen LogP) is 0.972. The highest BCUT2D eigenvalue weighted by Gasteiger charge is 2.53. The summed E-state index contributed by atoms with van der Waals surface area (Å²) in [4.78, 5) is 41.9. The number of hydrogen-bond donors (Lipinski definition) is 3. The van der Waals surface area contributed by atoms with E-state index in [9.17, 15) is 22.8 Å². The third-order valence-corrected chi connectivity index (χ3v) is 8.09. The number of urea groups is 1. The summed E-state index contributed by atoms with van der Waals surface area (Å²) in [6, 6.07) is 10.3. The highest BCUT2D eigenvalue weighted by molar-refractivity contribution is 7.89.